The third kappa shape index (κ3) is 5.40. The van der Waals surface area contributed by atoms with E-state index >= 15 is 0 Å². The zero-order valence-electron chi connectivity index (χ0n) is 16.9. The van der Waals surface area contributed by atoms with E-state index in [4.69, 9.17) is 16.3 Å². The highest BCUT2D eigenvalue weighted by atomic mass is 35.5. The van der Waals surface area contributed by atoms with Crippen molar-refractivity contribution in [2.24, 2.45) is 0 Å². The van der Waals surface area contributed by atoms with Gasteiger partial charge in [0.1, 0.15) is 11.6 Å². The Hall–Kier alpha value is -2.83. The third-order valence-corrected chi connectivity index (χ3v) is 5.40. The van der Waals surface area contributed by atoms with E-state index in [-0.39, 0.29) is 5.91 Å². The fourth-order valence-corrected chi connectivity index (χ4v) is 3.67. The number of nitrogens with zero attached hydrogens (tertiary/aromatic N) is 3. The molecule has 0 bridgehead atoms. The number of carbonyl (C=O) groups is 1. The van der Waals surface area contributed by atoms with Crippen LogP contribution in [0.4, 0.5) is 5.82 Å². The first-order valence-corrected chi connectivity index (χ1v) is 10.4. The minimum atomic E-state index is -0.0387. The highest BCUT2D eigenvalue weighted by Crippen LogP contribution is 2.28. The first-order chi connectivity index (χ1) is 14.6. The van der Waals surface area contributed by atoms with Crippen molar-refractivity contribution in [3.63, 3.8) is 0 Å². The molecule has 0 radical (unpaired) electrons. The number of ether oxygens (including phenoxy) is 1. The third-order valence-electron chi connectivity index (χ3n) is 5.16. The minimum absolute atomic E-state index is 0.0387. The van der Waals surface area contributed by atoms with Gasteiger partial charge in [-0.05, 0) is 48.2 Å². The summed E-state index contributed by atoms with van der Waals surface area (Å²) in [5, 5.41) is 8.03. The van der Waals surface area contributed by atoms with Gasteiger partial charge in [0.05, 0.1) is 26.4 Å². The molecule has 1 amide bonds. The van der Waals surface area contributed by atoms with Crippen LogP contribution in [0.1, 0.15) is 24.0 Å². The van der Waals surface area contributed by atoms with E-state index in [0.29, 0.717) is 30.0 Å². The standard InChI is InChI=1S/C23H25ClN4O2/c1-30-21-9-5-17(6-10-21)14-27(20-7-8-20)16-23(29)26-22-11-12-25-28(22)15-18-3-2-4-19(24)13-18/h2-6,9-13,20H,7-8,14-16H2,1H3,(H,26,29). The topological polar surface area (TPSA) is 59.4 Å². The van der Waals surface area contributed by atoms with Crippen LogP contribution in [0.5, 0.6) is 5.75 Å². The average Bonchev–Trinajstić information content (AvgIpc) is 3.50. The first-order valence-electron chi connectivity index (χ1n) is 10.0. The van der Waals surface area contributed by atoms with Crippen molar-refractivity contribution in [3.05, 3.63) is 76.9 Å². The molecule has 156 valence electrons. The van der Waals surface area contributed by atoms with Crippen molar-refractivity contribution in [1.29, 1.82) is 0 Å². The number of methoxy groups -OCH3 is 1. The zero-order valence-corrected chi connectivity index (χ0v) is 17.7. The normalized spacial score (nSPS) is 13.4. The Morgan fingerprint density at radius 2 is 2.00 bits per heavy atom. The molecule has 0 aliphatic heterocycles. The lowest BCUT2D eigenvalue weighted by molar-refractivity contribution is -0.117. The second-order valence-electron chi connectivity index (χ2n) is 7.54. The molecule has 1 aliphatic carbocycles. The Morgan fingerprint density at radius 3 is 2.70 bits per heavy atom. The van der Waals surface area contributed by atoms with Crippen LogP contribution in [-0.2, 0) is 17.9 Å². The molecule has 1 heterocycles. The van der Waals surface area contributed by atoms with E-state index in [1.54, 1.807) is 18.0 Å². The van der Waals surface area contributed by atoms with E-state index in [9.17, 15) is 4.79 Å². The van der Waals surface area contributed by atoms with Crippen LogP contribution in [0.25, 0.3) is 0 Å². The van der Waals surface area contributed by atoms with Gasteiger partial charge in [-0.1, -0.05) is 35.9 Å². The van der Waals surface area contributed by atoms with Gasteiger partial charge >= 0.3 is 0 Å². The molecule has 1 fully saturated rings. The molecular weight excluding hydrogens is 400 g/mol. The number of carbonyl (C=O) groups excluding carboxylic acids is 1. The van der Waals surface area contributed by atoms with Crippen LogP contribution >= 0.6 is 11.6 Å². The maximum atomic E-state index is 12.8. The molecule has 1 N–H and O–H groups in total. The van der Waals surface area contributed by atoms with E-state index in [2.05, 4.69) is 15.3 Å². The number of amides is 1. The summed E-state index contributed by atoms with van der Waals surface area (Å²) in [6.45, 7) is 1.63. The predicted octanol–water partition coefficient (Wildman–Crippen LogP) is 4.20. The summed E-state index contributed by atoms with van der Waals surface area (Å²) in [5.41, 5.74) is 2.20. The molecule has 3 aromatic rings. The monoisotopic (exact) mass is 424 g/mol. The molecular formula is C23H25ClN4O2. The molecule has 1 aromatic heterocycles. The fourth-order valence-electron chi connectivity index (χ4n) is 3.46. The summed E-state index contributed by atoms with van der Waals surface area (Å²) >= 11 is 6.07. The molecule has 7 heteroatoms. The average molecular weight is 425 g/mol. The Kier molecular flexibility index (Phi) is 6.35. The van der Waals surface area contributed by atoms with Crippen LogP contribution in [0, 0.1) is 0 Å². The summed E-state index contributed by atoms with van der Waals surface area (Å²) in [4.78, 5) is 15.0. The second-order valence-corrected chi connectivity index (χ2v) is 7.97. The second kappa shape index (κ2) is 9.32. The maximum Gasteiger partial charge on any atom is 0.239 e. The fraction of sp³-hybridized carbons (Fsp3) is 0.304. The van der Waals surface area contributed by atoms with E-state index in [1.807, 2.05) is 54.6 Å². The minimum Gasteiger partial charge on any atom is -0.497 e. The summed E-state index contributed by atoms with van der Waals surface area (Å²) in [6, 6.07) is 17.9. The number of hydrogen-bond acceptors (Lipinski definition) is 4. The molecule has 1 saturated carbocycles. The molecule has 2 aromatic carbocycles. The lowest BCUT2D eigenvalue weighted by atomic mass is 10.2. The molecule has 6 nitrogen and oxygen atoms in total. The van der Waals surface area contributed by atoms with E-state index < -0.39 is 0 Å². The van der Waals surface area contributed by atoms with Gasteiger partial charge in [-0.2, -0.15) is 5.10 Å². The van der Waals surface area contributed by atoms with Crippen LogP contribution in [0.2, 0.25) is 5.02 Å². The predicted molar refractivity (Wildman–Crippen MR) is 118 cm³/mol. The molecule has 4 rings (SSSR count). The van der Waals surface area contributed by atoms with Gasteiger partial charge in [-0.3, -0.25) is 9.69 Å². The highest BCUT2D eigenvalue weighted by molar-refractivity contribution is 6.30. The van der Waals surface area contributed by atoms with Gasteiger partial charge < -0.3 is 10.1 Å². The van der Waals surface area contributed by atoms with Crippen LogP contribution in [0.3, 0.4) is 0 Å². The Balaban J connectivity index is 1.38. The molecule has 0 unspecified atom stereocenters. The number of anilines is 1. The number of aromatic nitrogens is 2. The molecule has 0 spiro atoms. The van der Waals surface area contributed by atoms with Crippen LogP contribution in [0.15, 0.2) is 60.8 Å². The molecule has 1 aliphatic rings. The van der Waals surface area contributed by atoms with Crippen LogP contribution in [-0.4, -0.2) is 40.3 Å². The summed E-state index contributed by atoms with van der Waals surface area (Å²) in [5.74, 6) is 1.48. The van der Waals surface area contributed by atoms with Crippen molar-refractivity contribution in [3.8, 4) is 5.75 Å². The lowest BCUT2D eigenvalue weighted by Crippen LogP contribution is -2.35. The molecule has 0 saturated heterocycles. The maximum absolute atomic E-state index is 12.8. The van der Waals surface area contributed by atoms with E-state index in [1.165, 1.54) is 5.56 Å². The van der Waals surface area contributed by atoms with Crippen molar-refractivity contribution in [2.45, 2.75) is 32.0 Å². The highest BCUT2D eigenvalue weighted by Gasteiger charge is 2.30. The Morgan fingerprint density at radius 1 is 1.20 bits per heavy atom. The van der Waals surface area contributed by atoms with Gasteiger partial charge in [0.2, 0.25) is 5.91 Å². The summed E-state index contributed by atoms with van der Waals surface area (Å²) in [7, 11) is 1.66. The Labute approximate surface area is 181 Å². The van der Waals surface area contributed by atoms with Gasteiger partial charge in [0.15, 0.2) is 0 Å². The largest absolute Gasteiger partial charge is 0.497 e. The van der Waals surface area contributed by atoms with Gasteiger partial charge in [-0.25, -0.2) is 4.68 Å². The van der Waals surface area contributed by atoms with Crippen LogP contribution < -0.4 is 10.1 Å². The SMILES string of the molecule is COc1ccc(CN(CC(=O)Nc2ccnn2Cc2cccc(Cl)c2)C2CC2)cc1. The van der Waals surface area contributed by atoms with Crippen molar-refractivity contribution in [1.82, 2.24) is 14.7 Å². The quantitative estimate of drug-likeness (QED) is 0.559. The zero-order chi connectivity index (χ0) is 20.9. The van der Waals surface area contributed by atoms with Crippen molar-refractivity contribution < 1.29 is 9.53 Å². The Bertz CT molecular complexity index is 998. The summed E-state index contributed by atoms with van der Waals surface area (Å²) in [6.07, 6.45) is 3.96. The number of halogens is 1. The van der Waals surface area contributed by atoms with Gasteiger partial charge in [-0.15, -0.1) is 0 Å². The van der Waals surface area contributed by atoms with Gasteiger partial charge in [0, 0.05) is 23.7 Å². The number of benzene rings is 2. The smallest absolute Gasteiger partial charge is 0.239 e. The molecule has 0 atom stereocenters. The van der Waals surface area contributed by atoms with Gasteiger partial charge in [0.25, 0.3) is 0 Å². The molecule has 30 heavy (non-hydrogen) atoms. The number of rotatable bonds is 9. The first kappa shape index (κ1) is 20.4. The van der Waals surface area contributed by atoms with Crippen molar-refractivity contribution >= 4 is 23.3 Å². The summed E-state index contributed by atoms with van der Waals surface area (Å²) < 4.78 is 7.00. The van der Waals surface area contributed by atoms with E-state index in [0.717, 1.165) is 30.7 Å². The lowest BCUT2D eigenvalue weighted by Gasteiger charge is -2.21. The number of hydrogen-bond donors (Lipinski definition) is 1. The number of nitrogens with one attached hydrogen (secondary N) is 1. The van der Waals surface area contributed by atoms with Crippen molar-refractivity contribution in [2.75, 3.05) is 19.0 Å².